The fourth-order valence-electron chi connectivity index (χ4n) is 2.31. The van der Waals surface area contributed by atoms with E-state index in [1.807, 2.05) is 6.92 Å². The van der Waals surface area contributed by atoms with Crippen molar-refractivity contribution in [2.24, 2.45) is 5.92 Å². The molecule has 5 heteroatoms. The Morgan fingerprint density at radius 1 is 1.33 bits per heavy atom. The molecule has 1 fully saturated rings. The number of rotatable bonds is 3. The van der Waals surface area contributed by atoms with Gasteiger partial charge in [-0.25, -0.2) is 0 Å². The van der Waals surface area contributed by atoms with Gasteiger partial charge in [-0.3, -0.25) is 4.79 Å². The molecule has 2 rings (SSSR count). The number of carbonyl (C=O) groups is 1. The lowest BCUT2D eigenvalue weighted by molar-refractivity contribution is 0.0689. The Kier molecular flexibility index (Phi) is 4.54. The molecule has 98 valence electrons. The van der Waals surface area contributed by atoms with E-state index < -0.39 is 0 Å². The minimum absolute atomic E-state index is 0.0414. The van der Waals surface area contributed by atoms with Gasteiger partial charge in [0.2, 0.25) is 0 Å². The first-order chi connectivity index (χ1) is 8.54. The van der Waals surface area contributed by atoms with E-state index in [-0.39, 0.29) is 17.8 Å². The van der Waals surface area contributed by atoms with Crippen molar-refractivity contribution in [1.82, 2.24) is 0 Å². The largest absolute Gasteiger partial charge is 0.377 e. The molecular weight excluding hydrogens is 294 g/mol. The van der Waals surface area contributed by atoms with Crippen LogP contribution >= 0.6 is 34.8 Å². The molecule has 0 aliphatic carbocycles. The second-order valence-corrected chi connectivity index (χ2v) is 5.57. The van der Waals surface area contributed by atoms with Crippen molar-refractivity contribution < 1.29 is 9.53 Å². The van der Waals surface area contributed by atoms with E-state index in [0.29, 0.717) is 33.7 Å². The van der Waals surface area contributed by atoms with E-state index in [1.54, 1.807) is 12.1 Å². The molecule has 0 radical (unpaired) electrons. The summed E-state index contributed by atoms with van der Waals surface area (Å²) in [7, 11) is 0. The van der Waals surface area contributed by atoms with Gasteiger partial charge in [-0.15, -0.1) is 0 Å². The van der Waals surface area contributed by atoms with Crippen molar-refractivity contribution in [3.05, 3.63) is 32.8 Å². The zero-order valence-corrected chi connectivity index (χ0v) is 12.1. The van der Waals surface area contributed by atoms with E-state index in [1.165, 1.54) is 0 Å². The van der Waals surface area contributed by atoms with Crippen molar-refractivity contribution in [2.75, 3.05) is 6.61 Å². The Labute approximate surface area is 121 Å². The maximum Gasteiger partial charge on any atom is 0.171 e. The summed E-state index contributed by atoms with van der Waals surface area (Å²) < 4.78 is 5.53. The predicted octanol–water partition coefficient (Wildman–Crippen LogP) is 4.64. The van der Waals surface area contributed by atoms with Crippen molar-refractivity contribution in [3.63, 3.8) is 0 Å². The second-order valence-electron chi connectivity index (χ2n) is 4.32. The van der Waals surface area contributed by atoms with E-state index in [2.05, 4.69) is 0 Å². The highest BCUT2D eigenvalue weighted by Crippen LogP contribution is 2.34. The summed E-state index contributed by atoms with van der Waals surface area (Å²) in [6.07, 6.45) is 1.48. The van der Waals surface area contributed by atoms with Crippen LogP contribution in [0.15, 0.2) is 12.1 Å². The molecule has 0 amide bonds. The summed E-state index contributed by atoms with van der Waals surface area (Å²) in [5, 5.41) is 1.04. The Balaban J connectivity index is 2.34. The van der Waals surface area contributed by atoms with Crippen molar-refractivity contribution in [1.29, 1.82) is 0 Å². The number of Topliss-reactive ketones (excluding diaryl/α,β-unsaturated/α-hetero) is 1. The molecule has 1 aliphatic rings. The number of benzene rings is 1. The second kappa shape index (κ2) is 5.79. The van der Waals surface area contributed by atoms with E-state index in [0.717, 1.165) is 6.42 Å². The van der Waals surface area contributed by atoms with Gasteiger partial charge in [0, 0.05) is 11.6 Å². The van der Waals surface area contributed by atoms with Crippen molar-refractivity contribution >= 4 is 40.6 Å². The average Bonchev–Trinajstić information content (AvgIpc) is 2.75. The van der Waals surface area contributed by atoms with Gasteiger partial charge < -0.3 is 4.74 Å². The molecule has 2 atom stereocenters. The van der Waals surface area contributed by atoms with Gasteiger partial charge >= 0.3 is 0 Å². The Morgan fingerprint density at radius 3 is 2.50 bits per heavy atom. The molecule has 1 aromatic carbocycles. The first kappa shape index (κ1) is 14.1. The van der Waals surface area contributed by atoms with Gasteiger partial charge in [0.1, 0.15) is 0 Å². The molecular formula is C13H13Cl3O2. The molecule has 1 heterocycles. The summed E-state index contributed by atoms with van der Waals surface area (Å²) in [6.45, 7) is 2.61. The van der Waals surface area contributed by atoms with Crippen LogP contribution in [0.5, 0.6) is 0 Å². The molecule has 18 heavy (non-hydrogen) atoms. The molecule has 0 bridgehead atoms. The fourth-order valence-corrected chi connectivity index (χ4v) is 3.32. The first-order valence-corrected chi connectivity index (χ1v) is 6.98. The van der Waals surface area contributed by atoms with Gasteiger partial charge in [-0.2, -0.15) is 0 Å². The monoisotopic (exact) mass is 306 g/mol. The maximum absolute atomic E-state index is 12.5. The van der Waals surface area contributed by atoms with Gasteiger partial charge in [-0.1, -0.05) is 41.7 Å². The quantitative estimate of drug-likeness (QED) is 0.760. The van der Waals surface area contributed by atoms with Crippen LogP contribution < -0.4 is 0 Å². The Hall–Kier alpha value is -0.280. The summed E-state index contributed by atoms with van der Waals surface area (Å²) in [5.74, 6) is -0.211. The lowest BCUT2D eigenvalue weighted by atomic mass is 9.90. The van der Waals surface area contributed by atoms with Crippen LogP contribution in [0.25, 0.3) is 0 Å². The predicted molar refractivity (Wildman–Crippen MR) is 73.9 cm³/mol. The Bertz CT molecular complexity index is 450. The Morgan fingerprint density at radius 2 is 1.94 bits per heavy atom. The number of halogens is 3. The molecule has 1 aromatic rings. The van der Waals surface area contributed by atoms with Gasteiger partial charge in [-0.05, 0) is 25.0 Å². The fraction of sp³-hybridized carbons (Fsp3) is 0.462. The van der Waals surface area contributed by atoms with Crippen LogP contribution in [0.1, 0.15) is 30.1 Å². The van der Waals surface area contributed by atoms with Gasteiger partial charge in [0.05, 0.1) is 27.6 Å². The molecule has 0 N–H and O–H groups in total. The van der Waals surface area contributed by atoms with Crippen LogP contribution in [-0.2, 0) is 4.74 Å². The van der Waals surface area contributed by atoms with Gasteiger partial charge in [0.15, 0.2) is 5.78 Å². The first-order valence-electron chi connectivity index (χ1n) is 5.85. The number of ether oxygens (including phenoxy) is 1. The number of carbonyl (C=O) groups excluding carboxylic acids is 1. The summed E-state index contributed by atoms with van der Waals surface area (Å²) in [5.41, 5.74) is 0.358. The molecule has 0 aromatic heterocycles. The third-order valence-corrected chi connectivity index (χ3v) is 4.02. The average molecular weight is 308 g/mol. The van der Waals surface area contributed by atoms with Crippen molar-refractivity contribution in [2.45, 2.75) is 25.9 Å². The number of ketones is 1. The van der Waals surface area contributed by atoms with E-state index in [4.69, 9.17) is 39.5 Å². The minimum Gasteiger partial charge on any atom is -0.377 e. The zero-order chi connectivity index (χ0) is 13.3. The molecule has 0 spiro atoms. The SMILES string of the molecule is CCC1OCCC1C(=O)c1c(Cl)cc(Cl)cc1Cl. The minimum atomic E-state index is -0.161. The lowest BCUT2D eigenvalue weighted by Crippen LogP contribution is -2.24. The summed E-state index contributed by atoms with van der Waals surface area (Å²) >= 11 is 18.0. The van der Waals surface area contributed by atoms with Crippen LogP contribution in [-0.4, -0.2) is 18.5 Å². The van der Waals surface area contributed by atoms with Crippen LogP contribution in [0.3, 0.4) is 0 Å². The van der Waals surface area contributed by atoms with E-state index in [9.17, 15) is 4.79 Å². The van der Waals surface area contributed by atoms with Crippen molar-refractivity contribution in [3.8, 4) is 0 Å². The third-order valence-electron chi connectivity index (χ3n) is 3.20. The maximum atomic E-state index is 12.5. The van der Waals surface area contributed by atoms with Crippen LogP contribution in [0.2, 0.25) is 15.1 Å². The normalized spacial score (nSPS) is 23.3. The lowest BCUT2D eigenvalue weighted by Gasteiger charge is -2.17. The standard InChI is InChI=1S/C13H13Cl3O2/c1-2-11-8(3-4-18-11)13(17)12-9(15)5-7(14)6-10(12)16/h5-6,8,11H,2-4H2,1H3. The summed E-state index contributed by atoms with van der Waals surface area (Å²) in [4.78, 5) is 12.5. The molecule has 2 unspecified atom stereocenters. The molecule has 2 nitrogen and oxygen atoms in total. The number of hydrogen-bond donors (Lipinski definition) is 0. The smallest absolute Gasteiger partial charge is 0.171 e. The topological polar surface area (TPSA) is 26.3 Å². The van der Waals surface area contributed by atoms with E-state index >= 15 is 0 Å². The van der Waals surface area contributed by atoms with Crippen LogP contribution in [0.4, 0.5) is 0 Å². The molecule has 0 saturated carbocycles. The highest BCUT2D eigenvalue weighted by Gasteiger charge is 2.35. The molecule has 1 saturated heterocycles. The third kappa shape index (κ3) is 2.67. The highest BCUT2D eigenvalue weighted by molar-refractivity contribution is 6.42. The zero-order valence-electron chi connectivity index (χ0n) is 9.88. The van der Waals surface area contributed by atoms with Gasteiger partial charge in [0.25, 0.3) is 0 Å². The highest BCUT2D eigenvalue weighted by atomic mass is 35.5. The van der Waals surface area contributed by atoms with Crippen LogP contribution in [0, 0.1) is 5.92 Å². The number of hydrogen-bond acceptors (Lipinski definition) is 2. The molecule has 1 aliphatic heterocycles. The summed E-state index contributed by atoms with van der Waals surface area (Å²) in [6, 6.07) is 3.08.